The molecular weight excluding hydrogens is 358 g/mol. The standard InChI is InChI=1S/C20H29N5O3/c1-13-11-24(12-14(2)28-13)8-4-10-27-16-6-5-15-17(18(16)26-3)23-20(21)25-9-7-22-19(15)25/h5-6,13-14H,4,7-12H2,1-3H3,(H2,21,23). The Morgan fingerprint density at radius 2 is 2.04 bits per heavy atom. The second-order valence-electron chi connectivity index (χ2n) is 7.54. The Labute approximate surface area is 166 Å². The highest BCUT2D eigenvalue weighted by molar-refractivity contribution is 6.16. The molecule has 0 aliphatic carbocycles. The number of hydrogen-bond acceptors (Lipinski definition) is 8. The number of hydrogen-bond donors (Lipinski definition) is 1. The van der Waals surface area contributed by atoms with Crippen molar-refractivity contribution in [3.05, 3.63) is 17.7 Å². The fourth-order valence-corrected chi connectivity index (χ4v) is 4.17. The minimum atomic E-state index is 0.284. The van der Waals surface area contributed by atoms with Crippen LogP contribution in [0.5, 0.6) is 11.5 Å². The second kappa shape index (κ2) is 7.97. The third kappa shape index (κ3) is 3.66. The summed E-state index contributed by atoms with van der Waals surface area (Å²) in [7, 11) is 1.63. The molecule has 3 heterocycles. The van der Waals surface area contributed by atoms with Crippen LogP contribution in [0.25, 0.3) is 0 Å². The van der Waals surface area contributed by atoms with E-state index < -0.39 is 0 Å². The third-order valence-electron chi connectivity index (χ3n) is 5.26. The Bertz CT molecular complexity index is 784. The first-order valence-corrected chi connectivity index (χ1v) is 9.95. The predicted octanol–water partition coefficient (Wildman–Crippen LogP) is 1.60. The Balaban J connectivity index is 1.42. The van der Waals surface area contributed by atoms with Gasteiger partial charge in [-0.25, -0.2) is 4.99 Å². The molecule has 2 N–H and O–H groups in total. The zero-order valence-corrected chi connectivity index (χ0v) is 16.9. The van der Waals surface area contributed by atoms with Crippen molar-refractivity contribution in [1.29, 1.82) is 0 Å². The van der Waals surface area contributed by atoms with Crippen LogP contribution in [0.3, 0.4) is 0 Å². The first-order valence-electron chi connectivity index (χ1n) is 9.95. The molecule has 1 saturated heterocycles. The van der Waals surface area contributed by atoms with Gasteiger partial charge in [0.15, 0.2) is 11.5 Å². The van der Waals surface area contributed by atoms with E-state index in [4.69, 9.17) is 19.9 Å². The molecule has 28 heavy (non-hydrogen) atoms. The first kappa shape index (κ1) is 19.0. The summed E-state index contributed by atoms with van der Waals surface area (Å²) in [5.74, 6) is 2.62. The molecule has 0 bridgehead atoms. The van der Waals surface area contributed by atoms with Gasteiger partial charge in [0, 0.05) is 31.7 Å². The molecule has 1 aromatic rings. The fourth-order valence-electron chi connectivity index (χ4n) is 4.17. The molecule has 0 aromatic heterocycles. The highest BCUT2D eigenvalue weighted by atomic mass is 16.5. The summed E-state index contributed by atoms with van der Waals surface area (Å²) in [4.78, 5) is 13.5. The van der Waals surface area contributed by atoms with Crippen molar-refractivity contribution in [3.63, 3.8) is 0 Å². The smallest absolute Gasteiger partial charge is 0.202 e. The molecule has 1 fully saturated rings. The Morgan fingerprint density at radius 3 is 2.79 bits per heavy atom. The minimum Gasteiger partial charge on any atom is -0.491 e. The number of ether oxygens (including phenoxy) is 3. The van der Waals surface area contributed by atoms with Crippen molar-refractivity contribution in [2.24, 2.45) is 15.7 Å². The zero-order valence-electron chi connectivity index (χ0n) is 16.9. The van der Waals surface area contributed by atoms with Gasteiger partial charge in [-0.15, -0.1) is 0 Å². The van der Waals surface area contributed by atoms with Crippen LogP contribution in [-0.4, -0.2) is 80.2 Å². The van der Waals surface area contributed by atoms with Crippen LogP contribution in [0, 0.1) is 0 Å². The van der Waals surface area contributed by atoms with E-state index in [9.17, 15) is 0 Å². The van der Waals surface area contributed by atoms with Gasteiger partial charge in [0.1, 0.15) is 11.5 Å². The van der Waals surface area contributed by atoms with Crippen molar-refractivity contribution >= 4 is 17.5 Å². The van der Waals surface area contributed by atoms with Crippen molar-refractivity contribution in [2.75, 3.05) is 46.4 Å². The maximum absolute atomic E-state index is 6.12. The Hall–Kier alpha value is -2.32. The highest BCUT2D eigenvalue weighted by Crippen LogP contribution is 2.43. The van der Waals surface area contributed by atoms with Gasteiger partial charge in [-0.3, -0.25) is 14.8 Å². The lowest BCUT2D eigenvalue weighted by Gasteiger charge is -2.35. The van der Waals surface area contributed by atoms with Crippen LogP contribution in [0.4, 0.5) is 5.69 Å². The maximum Gasteiger partial charge on any atom is 0.202 e. The molecule has 3 aliphatic rings. The summed E-state index contributed by atoms with van der Waals surface area (Å²) >= 11 is 0. The number of amidine groups is 1. The van der Waals surface area contributed by atoms with E-state index >= 15 is 0 Å². The molecule has 0 amide bonds. The molecule has 0 radical (unpaired) electrons. The minimum absolute atomic E-state index is 0.284. The van der Waals surface area contributed by atoms with E-state index in [0.717, 1.165) is 50.5 Å². The van der Waals surface area contributed by atoms with Crippen LogP contribution < -0.4 is 15.2 Å². The van der Waals surface area contributed by atoms with Crippen LogP contribution in [0.1, 0.15) is 25.8 Å². The number of nitrogens with zero attached hydrogens (tertiary/aromatic N) is 4. The molecule has 4 rings (SSSR count). The molecule has 0 spiro atoms. The summed E-state index contributed by atoms with van der Waals surface area (Å²) in [5.41, 5.74) is 7.75. The summed E-state index contributed by atoms with van der Waals surface area (Å²) in [6, 6.07) is 3.93. The van der Waals surface area contributed by atoms with Crippen LogP contribution in [0.15, 0.2) is 22.1 Å². The number of benzene rings is 1. The van der Waals surface area contributed by atoms with Crippen LogP contribution in [0.2, 0.25) is 0 Å². The van der Waals surface area contributed by atoms with Crippen LogP contribution >= 0.6 is 0 Å². The third-order valence-corrected chi connectivity index (χ3v) is 5.26. The van der Waals surface area contributed by atoms with E-state index in [-0.39, 0.29) is 12.2 Å². The van der Waals surface area contributed by atoms with Crippen molar-refractivity contribution < 1.29 is 14.2 Å². The van der Waals surface area contributed by atoms with Crippen molar-refractivity contribution in [3.8, 4) is 11.5 Å². The highest BCUT2D eigenvalue weighted by Gasteiger charge is 2.31. The second-order valence-corrected chi connectivity index (χ2v) is 7.54. The number of rotatable bonds is 6. The average Bonchev–Trinajstić information content (AvgIpc) is 3.15. The van der Waals surface area contributed by atoms with Gasteiger partial charge in [-0.1, -0.05) is 0 Å². The summed E-state index contributed by atoms with van der Waals surface area (Å²) < 4.78 is 17.5. The number of fused-ring (bicyclic) bond motifs is 3. The lowest BCUT2D eigenvalue weighted by atomic mass is 10.1. The summed E-state index contributed by atoms with van der Waals surface area (Å²) in [5, 5.41) is 0. The number of methoxy groups -OCH3 is 1. The zero-order chi connectivity index (χ0) is 19.7. The molecule has 1 aromatic carbocycles. The van der Waals surface area contributed by atoms with Gasteiger partial charge in [-0.05, 0) is 32.4 Å². The average molecular weight is 387 g/mol. The van der Waals surface area contributed by atoms with E-state index in [2.05, 4.69) is 28.7 Å². The molecule has 0 saturated carbocycles. The topological polar surface area (TPSA) is 84.9 Å². The largest absolute Gasteiger partial charge is 0.491 e. The SMILES string of the molecule is COc1c(OCCCN2CC(C)OC(C)C2)ccc2c1N=C(N)N1CCN=C21. The van der Waals surface area contributed by atoms with E-state index in [1.807, 2.05) is 17.0 Å². The van der Waals surface area contributed by atoms with Gasteiger partial charge in [0.25, 0.3) is 0 Å². The van der Waals surface area contributed by atoms with E-state index in [1.54, 1.807) is 7.11 Å². The van der Waals surface area contributed by atoms with Gasteiger partial charge in [-0.2, -0.15) is 0 Å². The maximum atomic E-state index is 6.12. The van der Waals surface area contributed by atoms with Gasteiger partial charge < -0.3 is 19.9 Å². The quantitative estimate of drug-likeness (QED) is 0.747. The van der Waals surface area contributed by atoms with E-state index in [1.165, 1.54) is 0 Å². The molecule has 3 aliphatic heterocycles. The van der Waals surface area contributed by atoms with Crippen molar-refractivity contribution in [1.82, 2.24) is 9.80 Å². The van der Waals surface area contributed by atoms with Crippen LogP contribution in [-0.2, 0) is 4.74 Å². The normalized spacial score (nSPS) is 24.3. The van der Waals surface area contributed by atoms with Gasteiger partial charge in [0.05, 0.1) is 32.5 Å². The van der Waals surface area contributed by atoms with Gasteiger partial charge in [0.2, 0.25) is 5.96 Å². The monoisotopic (exact) mass is 387 g/mol. The Morgan fingerprint density at radius 1 is 1.25 bits per heavy atom. The number of aliphatic imine (C=N–C) groups is 2. The fraction of sp³-hybridized carbons (Fsp3) is 0.600. The predicted molar refractivity (Wildman–Crippen MR) is 109 cm³/mol. The number of morpholine rings is 1. The summed E-state index contributed by atoms with van der Waals surface area (Å²) in [6.07, 6.45) is 1.50. The summed E-state index contributed by atoms with van der Waals surface area (Å²) in [6.45, 7) is 9.29. The molecular formula is C20H29N5O3. The van der Waals surface area contributed by atoms with Gasteiger partial charge >= 0.3 is 0 Å². The Kier molecular flexibility index (Phi) is 5.41. The molecule has 152 valence electrons. The lowest BCUT2D eigenvalue weighted by Crippen LogP contribution is -2.45. The number of guanidine groups is 1. The number of nitrogens with two attached hydrogens (primary N) is 1. The van der Waals surface area contributed by atoms with Crippen molar-refractivity contribution in [2.45, 2.75) is 32.5 Å². The van der Waals surface area contributed by atoms with E-state index in [0.29, 0.717) is 29.8 Å². The lowest BCUT2D eigenvalue weighted by molar-refractivity contribution is -0.0686. The molecule has 2 unspecified atom stereocenters. The molecule has 2 atom stereocenters. The molecule has 8 heteroatoms. The molecule has 8 nitrogen and oxygen atoms in total. The first-order chi connectivity index (χ1) is 13.6.